The molecule has 28 heavy (non-hydrogen) atoms. The second kappa shape index (κ2) is 8.00. The first-order chi connectivity index (χ1) is 13.6. The summed E-state index contributed by atoms with van der Waals surface area (Å²) in [6.45, 7) is 2.55. The summed E-state index contributed by atoms with van der Waals surface area (Å²) in [7, 11) is -3.48. The Morgan fingerprint density at radius 1 is 0.893 bits per heavy atom. The Balaban J connectivity index is 1.50. The van der Waals surface area contributed by atoms with Crippen LogP contribution < -0.4 is 0 Å². The van der Waals surface area contributed by atoms with Crippen LogP contribution in [0, 0.1) is 0 Å². The van der Waals surface area contributed by atoms with E-state index in [0.29, 0.717) is 31.7 Å². The van der Waals surface area contributed by atoms with Gasteiger partial charge in [-0.05, 0) is 56.4 Å². The summed E-state index contributed by atoms with van der Waals surface area (Å²) < 4.78 is 32.1. The van der Waals surface area contributed by atoms with Gasteiger partial charge in [-0.3, -0.25) is 4.79 Å². The van der Waals surface area contributed by atoms with Crippen LogP contribution >= 0.6 is 0 Å². The number of nitrogens with zero attached hydrogens (tertiary/aromatic N) is 4. The van der Waals surface area contributed by atoms with Crippen molar-refractivity contribution in [3.63, 3.8) is 0 Å². The molecule has 0 aliphatic carbocycles. The van der Waals surface area contributed by atoms with Gasteiger partial charge >= 0.3 is 11.8 Å². The van der Waals surface area contributed by atoms with Crippen LogP contribution in [-0.4, -0.2) is 59.8 Å². The van der Waals surface area contributed by atoms with Gasteiger partial charge in [0.15, 0.2) is 0 Å². The zero-order valence-corrected chi connectivity index (χ0v) is 16.5. The maximum absolute atomic E-state index is 12.7. The zero-order chi connectivity index (χ0) is 19.6. The molecule has 9 heteroatoms. The van der Waals surface area contributed by atoms with Crippen molar-refractivity contribution in [3.05, 3.63) is 30.2 Å². The lowest BCUT2D eigenvalue weighted by Gasteiger charge is -2.25. The highest BCUT2D eigenvalue weighted by Gasteiger charge is 2.27. The lowest BCUT2D eigenvalue weighted by atomic mass is 10.1. The highest BCUT2D eigenvalue weighted by atomic mass is 32.2. The van der Waals surface area contributed by atoms with Gasteiger partial charge in [0.05, 0.1) is 4.90 Å². The molecule has 1 amide bonds. The van der Waals surface area contributed by atoms with Crippen LogP contribution in [-0.2, 0) is 10.0 Å². The van der Waals surface area contributed by atoms with Gasteiger partial charge in [-0.1, -0.05) is 11.6 Å². The van der Waals surface area contributed by atoms with E-state index < -0.39 is 10.0 Å². The molecule has 0 atom stereocenters. The van der Waals surface area contributed by atoms with Gasteiger partial charge in [0.1, 0.15) is 0 Å². The number of amides is 1. The van der Waals surface area contributed by atoms with Crippen molar-refractivity contribution in [1.29, 1.82) is 0 Å². The number of piperidine rings is 2. The molecule has 2 aromatic rings. The van der Waals surface area contributed by atoms with Gasteiger partial charge in [0.25, 0.3) is 0 Å². The van der Waals surface area contributed by atoms with E-state index in [1.807, 2.05) is 0 Å². The average Bonchev–Trinajstić information content (AvgIpc) is 3.25. The molecular weight excluding hydrogens is 380 g/mol. The standard InChI is InChI=1S/C19H24N4O4S/c24-19(22-11-3-1-4-12-22)18-20-17(21-27-18)15-7-9-16(10-8-15)28(25,26)23-13-5-2-6-14-23/h7-10H,1-6,11-14H2. The SMILES string of the molecule is O=C(c1nc(-c2ccc(S(=O)(=O)N3CCCCC3)cc2)no1)N1CCCCC1. The van der Waals surface area contributed by atoms with Crippen LogP contribution in [0.15, 0.2) is 33.7 Å². The first-order valence-corrected chi connectivity index (χ1v) is 11.2. The maximum atomic E-state index is 12.7. The van der Waals surface area contributed by atoms with Crippen LogP contribution in [0.3, 0.4) is 0 Å². The predicted molar refractivity (Wildman–Crippen MR) is 102 cm³/mol. The van der Waals surface area contributed by atoms with E-state index in [9.17, 15) is 13.2 Å². The van der Waals surface area contributed by atoms with Crippen LogP contribution in [0.5, 0.6) is 0 Å². The number of benzene rings is 1. The van der Waals surface area contributed by atoms with Crippen LogP contribution in [0.1, 0.15) is 49.2 Å². The Morgan fingerprint density at radius 3 is 2.14 bits per heavy atom. The molecule has 0 saturated carbocycles. The number of carbonyl (C=O) groups is 1. The number of hydrogen-bond donors (Lipinski definition) is 0. The number of carbonyl (C=O) groups excluding carboxylic acids is 1. The maximum Gasteiger partial charge on any atom is 0.316 e. The van der Waals surface area contributed by atoms with Gasteiger partial charge in [-0.25, -0.2) is 8.42 Å². The second-order valence-electron chi connectivity index (χ2n) is 7.27. The third-order valence-corrected chi connectivity index (χ3v) is 7.23. The molecule has 1 aromatic carbocycles. The largest absolute Gasteiger partial charge is 0.334 e. The molecule has 0 unspecified atom stereocenters. The molecule has 0 radical (unpaired) electrons. The average molecular weight is 404 g/mol. The second-order valence-corrected chi connectivity index (χ2v) is 9.20. The minimum atomic E-state index is -3.48. The van der Waals surface area contributed by atoms with E-state index in [-0.39, 0.29) is 22.5 Å². The highest BCUT2D eigenvalue weighted by Crippen LogP contribution is 2.24. The van der Waals surface area contributed by atoms with E-state index in [0.717, 1.165) is 38.5 Å². The molecule has 0 N–H and O–H groups in total. The first kappa shape index (κ1) is 19.1. The summed E-state index contributed by atoms with van der Waals surface area (Å²) in [6.07, 6.45) is 5.97. The number of hydrogen-bond acceptors (Lipinski definition) is 6. The molecule has 2 aliphatic heterocycles. The number of aromatic nitrogens is 2. The molecule has 2 aliphatic rings. The third kappa shape index (κ3) is 3.81. The number of likely N-dealkylation sites (tertiary alicyclic amines) is 1. The topological polar surface area (TPSA) is 96.6 Å². The normalized spacial score (nSPS) is 18.9. The zero-order valence-electron chi connectivity index (χ0n) is 15.7. The van der Waals surface area contributed by atoms with Crippen molar-refractivity contribution in [2.45, 2.75) is 43.4 Å². The van der Waals surface area contributed by atoms with Crippen molar-refractivity contribution in [1.82, 2.24) is 19.3 Å². The minimum absolute atomic E-state index is 0.0260. The minimum Gasteiger partial charge on any atom is -0.334 e. The van der Waals surface area contributed by atoms with Crippen molar-refractivity contribution in [3.8, 4) is 11.4 Å². The molecule has 2 saturated heterocycles. The summed E-state index contributed by atoms with van der Waals surface area (Å²) in [4.78, 5) is 18.6. The Morgan fingerprint density at radius 2 is 1.50 bits per heavy atom. The van der Waals surface area contributed by atoms with Gasteiger partial charge in [-0.2, -0.15) is 9.29 Å². The molecule has 0 spiro atoms. The van der Waals surface area contributed by atoms with Crippen LogP contribution in [0.2, 0.25) is 0 Å². The van der Waals surface area contributed by atoms with Gasteiger partial charge < -0.3 is 9.42 Å². The predicted octanol–water partition coefficient (Wildman–Crippen LogP) is 2.54. The summed E-state index contributed by atoms with van der Waals surface area (Å²) in [6, 6.07) is 6.41. The Kier molecular flexibility index (Phi) is 5.45. The monoisotopic (exact) mass is 404 g/mol. The molecule has 0 bridgehead atoms. The van der Waals surface area contributed by atoms with Gasteiger partial charge in [0, 0.05) is 31.7 Å². The third-order valence-electron chi connectivity index (χ3n) is 5.32. The molecule has 150 valence electrons. The molecule has 3 heterocycles. The van der Waals surface area contributed by atoms with Crippen molar-refractivity contribution < 1.29 is 17.7 Å². The Labute approximate surface area is 164 Å². The fourth-order valence-electron chi connectivity index (χ4n) is 3.69. The molecular formula is C19H24N4O4S. The molecule has 4 rings (SSSR count). The van der Waals surface area contributed by atoms with Crippen molar-refractivity contribution >= 4 is 15.9 Å². The van der Waals surface area contributed by atoms with E-state index >= 15 is 0 Å². The smallest absolute Gasteiger partial charge is 0.316 e. The summed E-state index contributed by atoms with van der Waals surface area (Å²) in [5.41, 5.74) is 0.610. The lowest BCUT2D eigenvalue weighted by molar-refractivity contribution is 0.0674. The van der Waals surface area contributed by atoms with Crippen molar-refractivity contribution in [2.24, 2.45) is 0 Å². The summed E-state index contributed by atoms with van der Waals surface area (Å²) >= 11 is 0. The van der Waals surface area contributed by atoms with Crippen LogP contribution in [0.4, 0.5) is 0 Å². The number of sulfonamides is 1. The van der Waals surface area contributed by atoms with Gasteiger partial charge in [0.2, 0.25) is 15.8 Å². The fourth-order valence-corrected chi connectivity index (χ4v) is 5.21. The lowest BCUT2D eigenvalue weighted by Crippen LogP contribution is -2.35. The molecule has 2 fully saturated rings. The Bertz CT molecular complexity index is 927. The van der Waals surface area contributed by atoms with E-state index in [1.165, 1.54) is 4.31 Å². The van der Waals surface area contributed by atoms with E-state index in [1.54, 1.807) is 29.2 Å². The van der Waals surface area contributed by atoms with Crippen LogP contribution in [0.25, 0.3) is 11.4 Å². The molecule has 1 aromatic heterocycles. The summed E-state index contributed by atoms with van der Waals surface area (Å²) in [5.74, 6) is 0.00643. The molecule has 8 nitrogen and oxygen atoms in total. The highest BCUT2D eigenvalue weighted by molar-refractivity contribution is 7.89. The number of rotatable bonds is 4. The fraction of sp³-hybridized carbons (Fsp3) is 0.526. The Hall–Kier alpha value is -2.26. The van der Waals surface area contributed by atoms with Gasteiger partial charge in [-0.15, -0.1) is 0 Å². The van der Waals surface area contributed by atoms with Crippen molar-refractivity contribution in [2.75, 3.05) is 26.2 Å². The first-order valence-electron chi connectivity index (χ1n) is 9.79. The quantitative estimate of drug-likeness (QED) is 0.777. The van der Waals surface area contributed by atoms with E-state index in [4.69, 9.17) is 4.52 Å². The summed E-state index contributed by atoms with van der Waals surface area (Å²) in [5, 5.41) is 3.89. The van der Waals surface area contributed by atoms with E-state index in [2.05, 4.69) is 10.1 Å².